The minimum atomic E-state index is 0.812. The zero-order valence-corrected chi connectivity index (χ0v) is 16.6. The summed E-state index contributed by atoms with van der Waals surface area (Å²) >= 11 is 0. The van der Waals surface area contributed by atoms with Crippen molar-refractivity contribution in [3.63, 3.8) is 0 Å². The molecular weight excluding hydrogens is 348 g/mol. The van der Waals surface area contributed by atoms with Crippen LogP contribution in [0, 0.1) is 6.92 Å². The fourth-order valence-electron chi connectivity index (χ4n) is 3.33. The van der Waals surface area contributed by atoms with Gasteiger partial charge in [-0.05, 0) is 43.3 Å². The van der Waals surface area contributed by atoms with Crippen molar-refractivity contribution in [3.05, 3.63) is 72.4 Å². The molecule has 2 aromatic heterocycles. The van der Waals surface area contributed by atoms with Gasteiger partial charge in [-0.2, -0.15) is 0 Å². The number of aryl methyl sites for hydroxylation is 1. The monoisotopic (exact) mass is 372 g/mol. The Labute approximate surface area is 165 Å². The number of ether oxygens (including phenoxy) is 1. The lowest BCUT2D eigenvalue weighted by Gasteiger charge is -2.14. The van der Waals surface area contributed by atoms with Crippen molar-refractivity contribution in [2.24, 2.45) is 0 Å². The lowest BCUT2D eigenvalue weighted by molar-refractivity contribution is 0.415. The van der Waals surface area contributed by atoms with E-state index in [-0.39, 0.29) is 0 Å². The van der Waals surface area contributed by atoms with Gasteiger partial charge >= 0.3 is 0 Å². The van der Waals surface area contributed by atoms with Crippen LogP contribution in [-0.4, -0.2) is 30.6 Å². The first-order chi connectivity index (χ1) is 13.6. The maximum absolute atomic E-state index is 5.37. The third-order valence-corrected chi connectivity index (χ3v) is 4.83. The molecule has 4 aromatic rings. The second-order valence-corrected chi connectivity index (χ2v) is 6.97. The Kier molecular flexibility index (Phi) is 4.65. The van der Waals surface area contributed by atoms with Gasteiger partial charge in [0.1, 0.15) is 22.9 Å². The van der Waals surface area contributed by atoms with Crippen molar-refractivity contribution < 1.29 is 4.74 Å². The quantitative estimate of drug-likeness (QED) is 0.527. The van der Waals surface area contributed by atoms with Crippen LogP contribution in [0.15, 0.2) is 66.7 Å². The van der Waals surface area contributed by atoms with Crippen LogP contribution in [-0.2, 0) is 0 Å². The summed E-state index contributed by atoms with van der Waals surface area (Å²) < 4.78 is 7.52. The molecule has 28 heavy (non-hydrogen) atoms. The molecule has 5 nitrogen and oxygen atoms in total. The SMILES string of the molecule is COc1cccc(Nc2c(-c3ccc(N(C)C)cc3)nc3cccc(C)n23)c1. The molecule has 0 atom stereocenters. The molecule has 1 N–H and O–H groups in total. The summed E-state index contributed by atoms with van der Waals surface area (Å²) in [4.78, 5) is 7.00. The highest BCUT2D eigenvalue weighted by Gasteiger charge is 2.16. The number of hydrogen-bond donors (Lipinski definition) is 1. The number of pyridine rings is 1. The smallest absolute Gasteiger partial charge is 0.143 e. The number of fused-ring (bicyclic) bond motifs is 1. The van der Waals surface area contributed by atoms with Crippen molar-refractivity contribution in [1.82, 2.24) is 9.38 Å². The van der Waals surface area contributed by atoms with E-state index in [1.807, 2.05) is 50.5 Å². The molecule has 0 unspecified atom stereocenters. The largest absolute Gasteiger partial charge is 0.497 e. The average Bonchev–Trinajstić information content (AvgIpc) is 3.08. The summed E-state index contributed by atoms with van der Waals surface area (Å²) in [5.41, 5.74) is 6.13. The second kappa shape index (κ2) is 7.27. The Morgan fingerprint density at radius 3 is 2.43 bits per heavy atom. The average molecular weight is 372 g/mol. The predicted octanol–water partition coefficient (Wildman–Crippen LogP) is 5.13. The highest BCUT2D eigenvalue weighted by Crippen LogP contribution is 2.33. The van der Waals surface area contributed by atoms with Crippen LogP contribution >= 0.6 is 0 Å². The number of hydrogen-bond acceptors (Lipinski definition) is 4. The highest BCUT2D eigenvalue weighted by atomic mass is 16.5. The number of anilines is 3. The summed E-state index contributed by atoms with van der Waals surface area (Å²) in [6.45, 7) is 2.09. The molecule has 2 aromatic carbocycles. The Morgan fingerprint density at radius 1 is 0.964 bits per heavy atom. The van der Waals surface area contributed by atoms with Gasteiger partial charge in [0.25, 0.3) is 0 Å². The van der Waals surface area contributed by atoms with E-state index in [9.17, 15) is 0 Å². The number of methoxy groups -OCH3 is 1. The van der Waals surface area contributed by atoms with Crippen LogP contribution in [0.5, 0.6) is 5.75 Å². The standard InChI is InChI=1S/C23H24N4O/c1-16-7-5-10-21-25-22(17-11-13-19(14-12-17)26(2)3)23(27(16)21)24-18-8-6-9-20(15-18)28-4/h5-15,24H,1-4H3. The van der Waals surface area contributed by atoms with Crippen LogP contribution in [0.25, 0.3) is 16.9 Å². The highest BCUT2D eigenvalue weighted by molar-refractivity contribution is 5.80. The van der Waals surface area contributed by atoms with Crippen molar-refractivity contribution in [3.8, 4) is 17.0 Å². The van der Waals surface area contributed by atoms with E-state index in [1.54, 1.807) is 7.11 Å². The van der Waals surface area contributed by atoms with Crippen LogP contribution < -0.4 is 15.0 Å². The number of aromatic nitrogens is 2. The Balaban J connectivity index is 1.86. The Morgan fingerprint density at radius 2 is 1.71 bits per heavy atom. The van der Waals surface area contributed by atoms with Gasteiger partial charge in [0, 0.05) is 42.8 Å². The van der Waals surface area contributed by atoms with E-state index >= 15 is 0 Å². The molecule has 4 rings (SSSR count). The summed E-state index contributed by atoms with van der Waals surface area (Å²) in [7, 11) is 5.76. The third kappa shape index (κ3) is 3.27. The molecule has 142 valence electrons. The molecule has 5 heteroatoms. The van der Waals surface area contributed by atoms with E-state index in [0.717, 1.165) is 45.5 Å². The fourth-order valence-corrected chi connectivity index (χ4v) is 3.33. The first-order valence-corrected chi connectivity index (χ1v) is 9.24. The van der Waals surface area contributed by atoms with Gasteiger partial charge in [0.05, 0.1) is 7.11 Å². The third-order valence-electron chi connectivity index (χ3n) is 4.83. The van der Waals surface area contributed by atoms with Gasteiger partial charge < -0.3 is 15.0 Å². The minimum absolute atomic E-state index is 0.812. The van der Waals surface area contributed by atoms with Crippen molar-refractivity contribution in [1.29, 1.82) is 0 Å². The minimum Gasteiger partial charge on any atom is -0.497 e. The summed E-state index contributed by atoms with van der Waals surface area (Å²) in [6.07, 6.45) is 0. The Bertz CT molecular complexity index is 1110. The zero-order valence-electron chi connectivity index (χ0n) is 16.6. The maximum Gasteiger partial charge on any atom is 0.143 e. The van der Waals surface area contributed by atoms with Gasteiger partial charge in [0.15, 0.2) is 0 Å². The number of nitrogens with one attached hydrogen (secondary N) is 1. The Hall–Kier alpha value is -3.47. The molecule has 0 amide bonds. The van der Waals surface area contributed by atoms with Crippen molar-refractivity contribution in [2.75, 3.05) is 31.4 Å². The van der Waals surface area contributed by atoms with Gasteiger partial charge in [-0.15, -0.1) is 0 Å². The summed E-state index contributed by atoms with van der Waals surface area (Å²) in [5.74, 6) is 1.76. The number of imidazole rings is 1. The maximum atomic E-state index is 5.37. The van der Waals surface area contributed by atoms with E-state index < -0.39 is 0 Å². The van der Waals surface area contributed by atoms with E-state index in [2.05, 4.69) is 51.9 Å². The molecule has 0 aliphatic heterocycles. The molecule has 0 aliphatic carbocycles. The summed E-state index contributed by atoms with van der Waals surface area (Å²) in [6, 6.07) is 22.5. The molecule has 0 fully saturated rings. The molecule has 0 bridgehead atoms. The number of rotatable bonds is 5. The van der Waals surface area contributed by atoms with Gasteiger partial charge in [-0.3, -0.25) is 4.40 Å². The van der Waals surface area contributed by atoms with Gasteiger partial charge in [-0.1, -0.05) is 24.3 Å². The molecule has 0 aliphatic rings. The van der Waals surface area contributed by atoms with Crippen LogP contribution in [0.1, 0.15) is 5.69 Å². The van der Waals surface area contributed by atoms with Gasteiger partial charge in [-0.25, -0.2) is 4.98 Å². The van der Waals surface area contributed by atoms with Crippen LogP contribution in [0.2, 0.25) is 0 Å². The van der Waals surface area contributed by atoms with E-state index in [1.165, 1.54) is 0 Å². The van der Waals surface area contributed by atoms with Crippen molar-refractivity contribution in [2.45, 2.75) is 6.92 Å². The number of nitrogens with zero attached hydrogens (tertiary/aromatic N) is 3. The molecule has 0 saturated heterocycles. The molecular formula is C23H24N4O. The predicted molar refractivity (Wildman–Crippen MR) is 116 cm³/mol. The van der Waals surface area contributed by atoms with Gasteiger partial charge in [0.2, 0.25) is 0 Å². The molecule has 0 spiro atoms. The zero-order chi connectivity index (χ0) is 19.7. The van der Waals surface area contributed by atoms with Crippen LogP contribution in [0.3, 0.4) is 0 Å². The lowest BCUT2D eigenvalue weighted by Crippen LogP contribution is -2.08. The fraction of sp³-hybridized carbons (Fsp3) is 0.174. The first kappa shape index (κ1) is 17.9. The van der Waals surface area contributed by atoms with Crippen molar-refractivity contribution >= 4 is 22.8 Å². The molecule has 0 radical (unpaired) electrons. The summed E-state index contributed by atoms with van der Waals surface area (Å²) in [5, 5.41) is 3.56. The van der Waals surface area contributed by atoms with E-state index in [4.69, 9.17) is 9.72 Å². The number of benzene rings is 2. The second-order valence-electron chi connectivity index (χ2n) is 6.97. The molecule has 0 saturated carbocycles. The topological polar surface area (TPSA) is 41.8 Å². The first-order valence-electron chi connectivity index (χ1n) is 9.24. The lowest BCUT2D eigenvalue weighted by atomic mass is 10.1. The van der Waals surface area contributed by atoms with Crippen LogP contribution in [0.4, 0.5) is 17.2 Å². The van der Waals surface area contributed by atoms with E-state index in [0.29, 0.717) is 0 Å². The normalized spacial score (nSPS) is 10.9. The molecule has 2 heterocycles.